The van der Waals surface area contributed by atoms with Crippen molar-refractivity contribution in [1.29, 1.82) is 0 Å². The van der Waals surface area contributed by atoms with Gasteiger partial charge < -0.3 is 10.4 Å². The van der Waals surface area contributed by atoms with Gasteiger partial charge in [0.25, 0.3) is 0 Å². The third-order valence-electron chi connectivity index (χ3n) is 3.65. The Morgan fingerprint density at radius 3 is 2.75 bits per heavy atom. The number of aliphatic hydroxyl groups excluding tert-OH is 1. The number of rotatable bonds is 4. The topological polar surface area (TPSA) is 35.5 Å². The maximum Gasteiger partial charge on any atom is 0.416 e. The summed E-state index contributed by atoms with van der Waals surface area (Å²) in [5.74, 6) is 0. The predicted octanol–water partition coefficient (Wildman–Crippen LogP) is 2.03. The average Bonchev–Trinajstić information content (AvgIpc) is 2.81. The molecular formula is C14H19F3N2O. The first-order chi connectivity index (χ1) is 9.40. The van der Waals surface area contributed by atoms with Gasteiger partial charge in [-0.3, -0.25) is 4.90 Å². The lowest BCUT2D eigenvalue weighted by molar-refractivity contribution is -0.137. The van der Waals surface area contributed by atoms with E-state index in [0.29, 0.717) is 18.7 Å². The number of hydrogen-bond acceptors (Lipinski definition) is 3. The van der Waals surface area contributed by atoms with E-state index in [2.05, 4.69) is 10.2 Å². The summed E-state index contributed by atoms with van der Waals surface area (Å²) in [5, 5.41) is 12.5. The summed E-state index contributed by atoms with van der Waals surface area (Å²) in [4.78, 5) is 2.06. The van der Waals surface area contributed by atoms with Crippen molar-refractivity contribution in [3.8, 4) is 0 Å². The number of nitrogens with one attached hydrogen (secondary N) is 1. The van der Waals surface area contributed by atoms with Crippen LogP contribution in [0.25, 0.3) is 0 Å². The fourth-order valence-electron chi connectivity index (χ4n) is 2.53. The largest absolute Gasteiger partial charge is 0.416 e. The quantitative estimate of drug-likeness (QED) is 0.890. The van der Waals surface area contributed by atoms with E-state index in [-0.39, 0.29) is 12.1 Å². The number of hydrogen-bond donors (Lipinski definition) is 2. The number of benzene rings is 1. The van der Waals surface area contributed by atoms with Crippen LogP contribution in [0.5, 0.6) is 0 Å². The second-order valence-corrected chi connectivity index (χ2v) is 5.17. The molecule has 0 aliphatic carbocycles. The molecule has 2 atom stereocenters. The molecule has 20 heavy (non-hydrogen) atoms. The molecule has 0 bridgehead atoms. The third kappa shape index (κ3) is 3.71. The Bertz CT molecular complexity index is 450. The van der Waals surface area contributed by atoms with E-state index in [4.69, 9.17) is 0 Å². The molecule has 0 aromatic heterocycles. The first kappa shape index (κ1) is 15.3. The van der Waals surface area contributed by atoms with Gasteiger partial charge in [-0.25, -0.2) is 0 Å². The molecule has 0 spiro atoms. The van der Waals surface area contributed by atoms with Crippen LogP contribution in [0, 0.1) is 0 Å². The molecule has 3 nitrogen and oxygen atoms in total. The number of nitrogens with zero attached hydrogens (tertiary/aromatic N) is 1. The fourth-order valence-corrected chi connectivity index (χ4v) is 2.53. The van der Waals surface area contributed by atoms with Crippen LogP contribution in [-0.2, 0) is 6.18 Å². The molecule has 2 N–H and O–H groups in total. The normalized spacial score (nSPS) is 22.1. The van der Waals surface area contributed by atoms with Crippen LogP contribution in [0.4, 0.5) is 13.2 Å². The molecule has 1 aromatic carbocycles. The van der Waals surface area contributed by atoms with Crippen LogP contribution in [0.2, 0.25) is 0 Å². The minimum Gasteiger partial charge on any atom is -0.392 e. The van der Waals surface area contributed by atoms with E-state index in [0.717, 1.165) is 19.0 Å². The second kappa shape index (κ2) is 6.11. The Morgan fingerprint density at radius 1 is 1.45 bits per heavy atom. The van der Waals surface area contributed by atoms with Gasteiger partial charge in [0.05, 0.1) is 11.7 Å². The van der Waals surface area contributed by atoms with Gasteiger partial charge in [-0.1, -0.05) is 12.1 Å². The molecule has 0 saturated carbocycles. The zero-order chi connectivity index (χ0) is 14.8. The lowest BCUT2D eigenvalue weighted by Gasteiger charge is -2.24. The highest BCUT2D eigenvalue weighted by molar-refractivity contribution is 5.28. The minimum absolute atomic E-state index is 0.178. The number of aliphatic hydroxyl groups is 1. The lowest BCUT2D eigenvalue weighted by atomic mass is 10.0. The maximum absolute atomic E-state index is 12.7. The highest BCUT2D eigenvalue weighted by Crippen LogP contribution is 2.31. The van der Waals surface area contributed by atoms with Gasteiger partial charge in [0.1, 0.15) is 0 Å². The molecule has 1 unspecified atom stereocenters. The van der Waals surface area contributed by atoms with Crippen molar-refractivity contribution in [1.82, 2.24) is 10.2 Å². The Morgan fingerprint density at radius 2 is 2.20 bits per heavy atom. The molecule has 2 rings (SSSR count). The van der Waals surface area contributed by atoms with Crippen molar-refractivity contribution < 1.29 is 18.3 Å². The molecule has 1 fully saturated rings. The summed E-state index contributed by atoms with van der Waals surface area (Å²) in [5.41, 5.74) is -0.0135. The molecule has 1 heterocycles. The van der Waals surface area contributed by atoms with Crippen LogP contribution in [0.15, 0.2) is 24.3 Å². The molecule has 0 radical (unpaired) electrons. The lowest BCUT2D eigenvalue weighted by Crippen LogP contribution is -2.33. The van der Waals surface area contributed by atoms with E-state index in [9.17, 15) is 18.3 Å². The Kier molecular flexibility index (Phi) is 4.67. The Hall–Kier alpha value is -1.11. The van der Waals surface area contributed by atoms with Gasteiger partial charge in [-0.2, -0.15) is 13.2 Å². The van der Waals surface area contributed by atoms with Crippen molar-refractivity contribution in [3.63, 3.8) is 0 Å². The summed E-state index contributed by atoms with van der Waals surface area (Å²) in [7, 11) is 1.73. The van der Waals surface area contributed by atoms with Gasteiger partial charge in [-0.05, 0) is 31.2 Å². The standard InChI is InChI=1S/C14H19F3N2O/c1-18-13(9-19-6-5-12(20)8-19)10-3-2-4-11(7-10)14(15,16)17/h2-4,7,12-13,18,20H,5-6,8-9H2,1H3/t12-,13?/m0/s1. The second-order valence-electron chi connectivity index (χ2n) is 5.17. The van der Waals surface area contributed by atoms with E-state index < -0.39 is 11.7 Å². The van der Waals surface area contributed by atoms with Crippen LogP contribution < -0.4 is 5.32 Å². The van der Waals surface area contributed by atoms with Crippen molar-refractivity contribution >= 4 is 0 Å². The van der Waals surface area contributed by atoms with Gasteiger partial charge >= 0.3 is 6.18 Å². The number of alkyl halides is 3. The number of β-amino-alcohol motifs (C(OH)–C–C–N with tert-alkyl or cyclic N) is 1. The van der Waals surface area contributed by atoms with Gasteiger partial charge in [0, 0.05) is 25.7 Å². The van der Waals surface area contributed by atoms with E-state index >= 15 is 0 Å². The summed E-state index contributed by atoms with van der Waals surface area (Å²) < 4.78 is 38.2. The summed E-state index contributed by atoms with van der Waals surface area (Å²) in [6.45, 7) is 1.95. The number of likely N-dealkylation sites (tertiary alicyclic amines) is 1. The predicted molar refractivity (Wildman–Crippen MR) is 70.3 cm³/mol. The average molecular weight is 288 g/mol. The van der Waals surface area contributed by atoms with Crippen molar-refractivity contribution in [3.05, 3.63) is 35.4 Å². The molecule has 1 aromatic rings. The number of halogens is 3. The van der Waals surface area contributed by atoms with Gasteiger partial charge in [-0.15, -0.1) is 0 Å². The monoisotopic (exact) mass is 288 g/mol. The van der Waals surface area contributed by atoms with Crippen molar-refractivity contribution in [2.75, 3.05) is 26.7 Å². The highest BCUT2D eigenvalue weighted by Gasteiger charge is 2.31. The summed E-state index contributed by atoms with van der Waals surface area (Å²) >= 11 is 0. The molecule has 6 heteroatoms. The van der Waals surface area contributed by atoms with Crippen LogP contribution in [0.1, 0.15) is 23.6 Å². The van der Waals surface area contributed by atoms with Crippen LogP contribution in [0.3, 0.4) is 0 Å². The minimum atomic E-state index is -4.32. The highest BCUT2D eigenvalue weighted by atomic mass is 19.4. The van der Waals surface area contributed by atoms with Gasteiger partial charge in [0.15, 0.2) is 0 Å². The zero-order valence-electron chi connectivity index (χ0n) is 11.3. The zero-order valence-corrected chi connectivity index (χ0v) is 11.3. The third-order valence-corrected chi connectivity index (χ3v) is 3.65. The molecule has 1 saturated heterocycles. The van der Waals surface area contributed by atoms with E-state index in [1.807, 2.05) is 0 Å². The first-order valence-electron chi connectivity index (χ1n) is 6.65. The smallest absolute Gasteiger partial charge is 0.392 e. The van der Waals surface area contributed by atoms with Crippen molar-refractivity contribution in [2.24, 2.45) is 0 Å². The Balaban J connectivity index is 2.11. The molecule has 1 aliphatic rings. The molecular weight excluding hydrogens is 269 g/mol. The SMILES string of the molecule is CNC(CN1CC[C@H](O)C1)c1cccc(C(F)(F)F)c1. The fraction of sp³-hybridized carbons (Fsp3) is 0.571. The molecule has 0 amide bonds. The van der Waals surface area contributed by atoms with E-state index in [1.165, 1.54) is 12.1 Å². The first-order valence-corrected chi connectivity index (χ1v) is 6.65. The summed E-state index contributed by atoms with van der Waals surface area (Å²) in [6.07, 6.45) is -3.93. The van der Waals surface area contributed by atoms with Gasteiger partial charge in [0.2, 0.25) is 0 Å². The maximum atomic E-state index is 12.7. The van der Waals surface area contributed by atoms with Crippen LogP contribution >= 0.6 is 0 Å². The van der Waals surface area contributed by atoms with Crippen LogP contribution in [-0.4, -0.2) is 42.8 Å². The number of likely N-dealkylation sites (N-methyl/N-ethyl adjacent to an activating group) is 1. The molecule has 1 aliphatic heterocycles. The van der Waals surface area contributed by atoms with E-state index in [1.54, 1.807) is 13.1 Å². The Labute approximate surface area is 116 Å². The van der Waals surface area contributed by atoms with Crippen molar-refractivity contribution in [2.45, 2.75) is 24.7 Å². The molecule has 112 valence electrons. The summed E-state index contributed by atoms with van der Waals surface area (Å²) in [6, 6.07) is 5.22.